The van der Waals surface area contributed by atoms with Crippen molar-refractivity contribution in [3.8, 4) is 17.1 Å². The standard InChI is InChI=1S/C24H30N6O4/c1-24(2,3)33-23(31)30-11-9-17(10-12-30)32-18-6-4-5-15(13-18)21-19-14-16(22(25)27-29-26)7-8-20(19)28-34-21/h4-8,13-14,17,29H,9-12,26H2,1-3H3,(H2,25,27). The molecule has 1 aliphatic heterocycles. The van der Waals surface area contributed by atoms with Gasteiger partial charge in [0, 0.05) is 37.1 Å². The maximum absolute atomic E-state index is 12.3. The molecule has 0 spiro atoms. The number of carbonyl (C=O) groups is 1. The zero-order chi connectivity index (χ0) is 24.3. The first-order chi connectivity index (χ1) is 16.2. The van der Waals surface area contributed by atoms with E-state index in [0.717, 1.165) is 29.5 Å². The lowest BCUT2D eigenvalue weighted by molar-refractivity contribution is 0.0126. The van der Waals surface area contributed by atoms with Gasteiger partial charge < -0.3 is 24.6 Å². The smallest absolute Gasteiger partial charge is 0.410 e. The van der Waals surface area contributed by atoms with Crippen molar-refractivity contribution in [2.75, 3.05) is 13.1 Å². The number of fused-ring (bicyclic) bond motifs is 1. The van der Waals surface area contributed by atoms with Crippen LogP contribution in [0.25, 0.3) is 22.2 Å². The molecule has 5 N–H and O–H groups in total. The van der Waals surface area contributed by atoms with Crippen LogP contribution in [0.1, 0.15) is 39.2 Å². The van der Waals surface area contributed by atoms with Gasteiger partial charge in [-0.15, -0.1) is 5.10 Å². The Morgan fingerprint density at radius 1 is 1.21 bits per heavy atom. The summed E-state index contributed by atoms with van der Waals surface area (Å²) >= 11 is 0. The Balaban J connectivity index is 1.46. The number of likely N-dealkylation sites (tertiary alicyclic amines) is 1. The van der Waals surface area contributed by atoms with Crippen LogP contribution in [0.3, 0.4) is 0 Å². The third kappa shape index (κ3) is 5.40. The molecule has 2 heterocycles. The van der Waals surface area contributed by atoms with Crippen LogP contribution in [0.15, 0.2) is 52.1 Å². The molecule has 0 unspecified atom stereocenters. The molecular formula is C24H30N6O4. The SMILES string of the molecule is CC(C)(C)OC(=O)N1CCC(Oc2cccc(-c3onc4ccc(/C(N)=N/NN)cc34)c2)CC1. The molecule has 4 rings (SSSR count). The largest absolute Gasteiger partial charge is 0.490 e. The molecule has 0 bridgehead atoms. The summed E-state index contributed by atoms with van der Waals surface area (Å²) in [6.07, 6.45) is 1.18. The number of benzene rings is 2. The molecule has 1 aromatic heterocycles. The summed E-state index contributed by atoms with van der Waals surface area (Å²) in [5.41, 5.74) is 9.86. The van der Waals surface area contributed by atoms with E-state index in [1.165, 1.54) is 0 Å². The van der Waals surface area contributed by atoms with Crippen LogP contribution in [-0.2, 0) is 4.74 Å². The lowest BCUT2D eigenvalue weighted by atomic mass is 10.1. The number of hydrazine groups is 1. The lowest BCUT2D eigenvalue weighted by Crippen LogP contribution is -2.44. The molecule has 1 aliphatic rings. The number of aromatic nitrogens is 1. The highest BCUT2D eigenvalue weighted by molar-refractivity contribution is 6.02. The van der Waals surface area contributed by atoms with Crippen molar-refractivity contribution >= 4 is 22.8 Å². The molecule has 0 atom stereocenters. The summed E-state index contributed by atoms with van der Waals surface area (Å²) in [6, 6.07) is 13.1. The molecule has 10 nitrogen and oxygen atoms in total. The molecule has 0 saturated carbocycles. The number of amides is 1. The predicted octanol–water partition coefficient (Wildman–Crippen LogP) is 3.36. The minimum Gasteiger partial charge on any atom is -0.490 e. The van der Waals surface area contributed by atoms with Crippen LogP contribution in [0.5, 0.6) is 5.75 Å². The van der Waals surface area contributed by atoms with Gasteiger partial charge in [0.15, 0.2) is 11.6 Å². The zero-order valence-electron chi connectivity index (χ0n) is 19.6. The minimum atomic E-state index is -0.504. The molecule has 2 aromatic carbocycles. The third-order valence-corrected chi connectivity index (χ3v) is 5.45. The van der Waals surface area contributed by atoms with Gasteiger partial charge in [0.05, 0.1) is 5.39 Å². The van der Waals surface area contributed by atoms with Gasteiger partial charge in [-0.25, -0.2) is 16.2 Å². The molecule has 10 heteroatoms. The average Bonchev–Trinajstić information content (AvgIpc) is 3.22. The monoisotopic (exact) mass is 466 g/mol. The van der Waals surface area contributed by atoms with Gasteiger partial charge >= 0.3 is 6.09 Å². The normalized spacial score (nSPS) is 15.4. The number of hydrogen-bond donors (Lipinski definition) is 3. The lowest BCUT2D eigenvalue weighted by Gasteiger charge is -2.33. The third-order valence-electron chi connectivity index (χ3n) is 5.45. The zero-order valence-corrected chi connectivity index (χ0v) is 19.6. The van der Waals surface area contributed by atoms with Gasteiger partial charge in [0.25, 0.3) is 0 Å². The highest BCUT2D eigenvalue weighted by Crippen LogP contribution is 2.32. The van der Waals surface area contributed by atoms with Crippen molar-refractivity contribution in [2.24, 2.45) is 16.7 Å². The number of carbonyl (C=O) groups excluding carboxylic acids is 1. The van der Waals surface area contributed by atoms with E-state index in [1.807, 2.05) is 57.2 Å². The molecule has 0 radical (unpaired) electrons. The maximum Gasteiger partial charge on any atom is 0.410 e. The minimum absolute atomic E-state index is 0.00628. The summed E-state index contributed by atoms with van der Waals surface area (Å²) in [7, 11) is 0. The first-order valence-electron chi connectivity index (χ1n) is 11.2. The van der Waals surface area contributed by atoms with Crippen molar-refractivity contribution in [1.82, 2.24) is 15.6 Å². The maximum atomic E-state index is 12.3. The fraction of sp³-hybridized carbons (Fsp3) is 0.375. The van der Waals surface area contributed by atoms with E-state index in [1.54, 1.807) is 11.0 Å². The van der Waals surface area contributed by atoms with Crippen molar-refractivity contribution < 1.29 is 18.8 Å². The van der Waals surface area contributed by atoms with Crippen LogP contribution in [0.2, 0.25) is 0 Å². The van der Waals surface area contributed by atoms with Crippen molar-refractivity contribution in [1.29, 1.82) is 0 Å². The summed E-state index contributed by atoms with van der Waals surface area (Å²) in [5, 5.41) is 8.77. The fourth-order valence-corrected chi connectivity index (χ4v) is 3.83. The second kappa shape index (κ2) is 9.60. The first kappa shape index (κ1) is 23.4. The van der Waals surface area contributed by atoms with E-state index in [0.29, 0.717) is 29.9 Å². The molecule has 180 valence electrons. The Bertz CT molecular complexity index is 1190. The molecule has 0 aliphatic carbocycles. The van der Waals surface area contributed by atoms with E-state index >= 15 is 0 Å². The number of hydrogen-bond acceptors (Lipinski definition) is 8. The first-order valence-corrected chi connectivity index (χ1v) is 11.2. The topological polar surface area (TPSA) is 141 Å². The van der Waals surface area contributed by atoms with Gasteiger partial charge in [-0.3, -0.25) is 0 Å². The number of amidine groups is 1. The van der Waals surface area contributed by atoms with Crippen LogP contribution >= 0.6 is 0 Å². The van der Waals surface area contributed by atoms with E-state index in [-0.39, 0.29) is 18.0 Å². The Morgan fingerprint density at radius 2 is 1.97 bits per heavy atom. The van der Waals surface area contributed by atoms with E-state index in [9.17, 15) is 4.79 Å². The second-order valence-corrected chi connectivity index (χ2v) is 9.18. The molecule has 1 fully saturated rings. The Labute approximate surface area is 197 Å². The molecule has 1 amide bonds. The molecular weight excluding hydrogens is 436 g/mol. The van der Waals surface area contributed by atoms with Crippen LogP contribution in [0.4, 0.5) is 4.79 Å². The van der Waals surface area contributed by atoms with Crippen LogP contribution in [0, 0.1) is 0 Å². The van der Waals surface area contributed by atoms with Gasteiger partial charge in [0.1, 0.15) is 23.0 Å². The Hall–Kier alpha value is -3.79. The second-order valence-electron chi connectivity index (χ2n) is 9.18. The number of nitrogens with one attached hydrogen (secondary N) is 1. The van der Waals surface area contributed by atoms with Gasteiger partial charge in [-0.05, 0) is 51.1 Å². The number of rotatable bonds is 5. The summed E-state index contributed by atoms with van der Waals surface area (Å²) < 4.78 is 17.3. The average molecular weight is 467 g/mol. The molecule has 3 aromatic rings. The van der Waals surface area contributed by atoms with Gasteiger partial charge in [0.2, 0.25) is 0 Å². The summed E-state index contributed by atoms with van der Waals surface area (Å²) in [4.78, 5) is 14.0. The summed E-state index contributed by atoms with van der Waals surface area (Å²) in [5.74, 6) is 6.82. The van der Waals surface area contributed by atoms with E-state index in [4.69, 9.17) is 25.6 Å². The number of hydrazone groups is 1. The number of piperidine rings is 1. The number of ether oxygens (including phenoxy) is 2. The number of nitrogens with zero attached hydrogens (tertiary/aromatic N) is 3. The Kier molecular flexibility index (Phi) is 6.60. The quantitative estimate of drug-likeness (QED) is 0.225. The predicted molar refractivity (Wildman–Crippen MR) is 129 cm³/mol. The fourth-order valence-electron chi connectivity index (χ4n) is 3.83. The van der Waals surface area contributed by atoms with Gasteiger partial charge in [-0.1, -0.05) is 17.3 Å². The molecule has 34 heavy (non-hydrogen) atoms. The van der Waals surface area contributed by atoms with Crippen LogP contribution in [-0.4, -0.2) is 46.8 Å². The Morgan fingerprint density at radius 3 is 2.68 bits per heavy atom. The van der Waals surface area contributed by atoms with E-state index < -0.39 is 5.60 Å². The van der Waals surface area contributed by atoms with Crippen LogP contribution < -0.4 is 21.8 Å². The number of nitrogens with two attached hydrogens (primary N) is 2. The highest BCUT2D eigenvalue weighted by Gasteiger charge is 2.27. The molecule has 1 saturated heterocycles. The van der Waals surface area contributed by atoms with Gasteiger partial charge in [-0.2, -0.15) is 0 Å². The van der Waals surface area contributed by atoms with Crippen molar-refractivity contribution in [3.05, 3.63) is 48.0 Å². The van der Waals surface area contributed by atoms with E-state index in [2.05, 4.69) is 15.8 Å². The summed E-state index contributed by atoms with van der Waals surface area (Å²) in [6.45, 7) is 6.79. The van der Waals surface area contributed by atoms with Crippen molar-refractivity contribution in [2.45, 2.75) is 45.3 Å². The van der Waals surface area contributed by atoms with Crippen molar-refractivity contribution in [3.63, 3.8) is 0 Å². The highest BCUT2D eigenvalue weighted by atomic mass is 16.6.